The van der Waals surface area contributed by atoms with Crippen LogP contribution in [0.15, 0.2) is 18.2 Å². The first-order valence-electron chi connectivity index (χ1n) is 3.46. The highest BCUT2D eigenvalue weighted by Gasteiger charge is 2.10. The molecular weight excluding hydrogens is 388 g/mol. The van der Waals surface area contributed by atoms with Crippen molar-refractivity contribution in [2.75, 3.05) is 9.38 Å². The standard InChI is InChI=1S/C7H6BrFINO2S/c8-4-14(12,13)11-7-2-1-5(9)3-6(7)10/h1-3,11H,4H2. The minimum atomic E-state index is -3.37. The first kappa shape index (κ1) is 12.2. The first-order valence-corrected chi connectivity index (χ1v) is 7.31. The lowest BCUT2D eigenvalue weighted by atomic mass is 10.3. The van der Waals surface area contributed by atoms with E-state index in [1.807, 2.05) is 22.6 Å². The number of alkyl halides is 1. The molecule has 0 aromatic heterocycles. The van der Waals surface area contributed by atoms with Gasteiger partial charge in [-0.2, -0.15) is 0 Å². The van der Waals surface area contributed by atoms with Crippen LogP contribution in [0.1, 0.15) is 0 Å². The molecule has 0 unspecified atom stereocenters. The lowest BCUT2D eigenvalue weighted by Crippen LogP contribution is -2.14. The fourth-order valence-electron chi connectivity index (χ4n) is 0.767. The van der Waals surface area contributed by atoms with Crippen molar-refractivity contribution in [3.8, 4) is 0 Å². The summed E-state index contributed by atoms with van der Waals surface area (Å²) in [5, 5.41) is 0. The smallest absolute Gasteiger partial charge is 0.242 e. The summed E-state index contributed by atoms with van der Waals surface area (Å²) in [6.07, 6.45) is 0. The van der Waals surface area contributed by atoms with Crippen molar-refractivity contribution in [3.63, 3.8) is 0 Å². The zero-order chi connectivity index (χ0) is 10.8. The van der Waals surface area contributed by atoms with Crippen molar-refractivity contribution in [2.45, 2.75) is 0 Å². The van der Waals surface area contributed by atoms with E-state index in [0.717, 1.165) is 0 Å². The van der Waals surface area contributed by atoms with Crippen LogP contribution in [0, 0.1) is 9.39 Å². The molecule has 0 aliphatic rings. The monoisotopic (exact) mass is 393 g/mol. The summed E-state index contributed by atoms with van der Waals surface area (Å²) in [7, 11) is -3.37. The summed E-state index contributed by atoms with van der Waals surface area (Å²) in [5.74, 6) is -0.392. The largest absolute Gasteiger partial charge is 0.282 e. The van der Waals surface area contributed by atoms with E-state index in [9.17, 15) is 12.8 Å². The van der Waals surface area contributed by atoms with Gasteiger partial charge in [0.25, 0.3) is 0 Å². The number of hydrogen-bond acceptors (Lipinski definition) is 2. The normalized spacial score (nSPS) is 11.4. The fourth-order valence-corrected chi connectivity index (χ4v) is 2.47. The van der Waals surface area contributed by atoms with Crippen molar-refractivity contribution in [2.24, 2.45) is 0 Å². The number of sulfonamides is 1. The lowest BCUT2D eigenvalue weighted by Gasteiger charge is -2.07. The van der Waals surface area contributed by atoms with Crippen molar-refractivity contribution in [1.29, 1.82) is 0 Å². The minimum absolute atomic E-state index is 0.187. The SMILES string of the molecule is O=S(=O)(CBr)Nc1ccc(F)cc1I. The maximum absolute atomic E-state index is 12.7. The van der Waals surface area contributed by atoms with E-state index in [2.05, 4.69) is 20.7 Å². The zero-order valence-corrected chi connectivity index (χ0v) is 11.4. The molecule has 3 nitrogen and oxygen atoms in total. The molecule has 1 aromatic rings. The molecule has 14 heavy (non-hydrogen) atoms. The molecule has 7 heteroatoms. The van der Waals surface area contributed by atoms with Gasteiger partial charge in [0.05, 0.1) is 5.69 Å². The van der Waals surface area contributed by atoms with Gasteiger partial charge in [0.1, 0.15) is 10.5 Å². The molecule has 78 valence electrons. The van der Waals surface area contributed by atoms with Crippen LogP contribution in [-0.4, -0.2) is 13.1 Å². The van der Waals surface area contributed by atoms with Crippen LogP contribution in [0.4, 0.5) is 10.1 Å². The maximum Gasteiger partial charge on any atom is 0.242 e. The predicted octanol–water partition coefficient (Wildman–Crippen LogP) is 2.52. The van der Waals surface area contributed by atoms with Gasteiger partial charge >= 0.3 is 0 Å². The second-order valence-electron chi connectivity index (χ2n) is 2.45. The molecule has 0 radical (unpaired) electrons. The topological polar surface area (TPSA) is 46.2 Å². The third-order valence-corrected chi connectivity index (χ3v) is 4.86. The second-order valence-corrected chi connectivity index (χ2v) is 6.64. The number of nitrogens with one attached hydrogen (secondary N) is 1. The molecule has 0 saturated carbocycles. The maximum atomic E-state index is 12.7. The number of halogens is 3. The van der Waals surface area contributed by atoms with Crippen molar-refractivity contribution in [3.05, 3.63) is 27.6 Å². The van der Waals surface area contributed by atoms with E-state index in [1.54, 1.807) is 0 Å². The molecule has 0 aliphatic heterocycles. The molecule has 0 fully saturated rings. The molecule has 0 saturated heterocycles. The van der Waals surface area contributed by atoms with Crippen molar-refractivity contribution >= 4 is 54.2 Å². The Morgan fingerprint density at radius 3 is 2.64 bits per heavy atom. The van der Waals surface area contributed by atoms with Crippen molar-refractivity contribution < 1.29 is 12.8 Å². The van der Waals surface area contributed by atoms with Crippen LogP contribution >= 0.6 is 38.5 Å². The van der Waals surface area contributed by atoms with E-state index in [0.29, 0.717) is 9.26 Å². The summed E-state index contributed by atoms with van der Waals surface area (Å²) >= 11 is 4.70. The Hall–Kier alpha value is 0.110. The molecule has 0 aliphatic carbocycles. The van der Waals surface area contributed by atoms with Crippen LogP contribution in [-0.2, 0) is 10.0 Å². The predicted molar refractivity (Wildman–Crippen MR) is 65.5 cm³/mol. The van der Waals surface area contributed by atoms with Crippen LogP contribution in [0.3, 0.4) is 0 Å². The highest BCUT2D eigenvalue weighted by Crippen LogP contribution is 2.20. The van der Waals surface area contributed by atoms with Crippen molar-refractivity contribution in [1.82, 2.24) is 0 Å². The molecule has 0 amide bonds. The average Bonchev–Trinajstić information content (AvgIpc) is 2.10. The molecule has 1 rings (SSSR count). The third kappa shape index (κ3) is 3.35. The summed E-state index contributed by atoms with van der Waals surface area (Å²) in [6.45, 7) is 0. The van der Waals surface area contributed by atoms with Gasteiger partial charge < -0.3 is 0 Å². The Labute approximate surface area is 103 Å². The Kier molecular flexibility index (Phi) is 4.14. The van der Waals surface area contributed by atoms with E-state index in [1.165, 1.54) is 18.2 Å². The number of rotatable bonds is 3. The van der Waals surface area contributed by atoms with E-state index in [4.69, 9.17) is 0 Å². The summed E-state index contributed by atoms with van der Waals surface area (Å²) < 4.78 is 37.6. The van der Waals surface area contributed by atoms with E-state index < -0.39 is 15.8 Å². The van der Waals surface area contributed by atoms with Crippen LogP contribution in [0.5, 0.6) is 0 Å². The number of benzene rings is 1. The van der Waals surface area contributed by atoms with Gasteiger partial charge in [0.15, 0.2) is 0 Å². The first-order chi connectivity index (χ1) is 6.44. The second kappa shape index (κ2) is 4.75. The number of hydrogen-bond donors (Lipinski definition) is 1. The third-order valence-electron chi connectivity index (χ3n) is 1.34. The molecule has 0 bridgehead atoms. The Morgan fingerprint density at radius 1 is 1.50 bits per heavy atom. The van der Waals surface area contributed by atoms with Gasteiger partial charge in [0.2, 0.25) is 10.0 Å². The van der Waals surface area contributed by atoms with E-state index >= 15 is 0 Å². The number of anilines is 1. The van der Waals surface area contributed by atoms with Gasteiger partial charge in [0, 0.05) is 3.57 Å². The Bertz CT molecular complexity index is 437. The minimum Gasteiger partial charge on any atom is -0.282 e. The van der Waals surface area contributed by atoms with E-state index in [-0.39, 0.29) is 4.66 Å². The molecule has 0 atom stereocenters. The van der Waals surface area contributed by atoms with Gasteiger partial charge in [-0.15, -0.1) is 0 Å². The van der Waals surface area contributed by atoms with Gasteiger partial charge in [-0.25, -0.2) is 12.8 Å². The highest BCUT2D eigenvalue weighted by atomic mass is 127. The zero-order valence-electron chi connectivity index (χ0n) is 6.80. The van der Waals surface area contributed by atoms with Crippen LogP contribution in [0.2, 0.25) is 0 Å². The van der Waals surface area contributed by atoms with Gasteiger partial charge in [-0.3, -0.25) is 4.72 Å². The molecule has 1 N–H and O–H groups in total. The van der Waals surface area contributed by atoms with Gasteiger partial charge in [-0.1, -0.05) is 15.9 Å². The Balaban J connectivity index is 2.99. The summed E-state index contributed by atoms with van der Waals surface area (Å²) in [6, 6.07) is 3.85. The molecule has 1 aromatic carbocycles. The summed E-state index contributed by atoms with van der Waals surface area (Å²) in [4.78, 5) is 0. The fraction of sp³-hybridized carbons (Fsp3) is 0.143. The van der Waals surface area contributed by atoms with Crippen LogP contribution < -0.4 is 4.72 Å². The van der Waals surface area contributed by atoms with Crippen LogP contribution in [0.25, 0.3) is 0 Å². The lowest BCUT2D eigenvalue weighted by molar-refractivity contribution is 0.605. The Morgan fingerprint density at radius 2 is 2.14 bits per heavy atom. The highest BCUT2D eigenvalue weighted by molar-refractivity contribution is 14.1. The average molecular weight is 394 g/mol. The quantitative estimate of drug-likeness (QED) is 0.633. The van der Waals surface area contributed by atoms with Gasteiger partial charge in [-0.05, 0) is 40.8 Å². The molecule has 0 heterocycles. The molecular formula is C7H6BrFINO2S. The summed E-state index contributed by atoms with van der Waals surface area (Å²) in [5.41, 5.74) is 0.381. The molecule has 0 spiro atoms.